The molecule has 0 aromatic heterocycles. The third kappa shape index (κ3) is 7.76. The monoisotopic (exact) mass is 703 g/mol. The first-order valence-electron chi connectivity index (χ1n) is 17.0. The maximum absolute atomic E-state index is 14.0. The average Bonchev–Trinajstić information content (AvgIpc) is 3.33. The molecule has 49 heavy (non-hydrogen) atoms. The number of benzene rings is 4. The minimum absolute atomic E-state index is 0.159. The van der Waals surface area contributed by atoms with Crippen molar-refractivity contribution in [2.75, 3.05) is 26.9 Å². The van der Waals surface area contributed by atoms with Crippen molar-refractivity contribution in [2.45, 2.75) is 63.3 Å². The average molecular weight is 705 g/mol. The second kappa shape index (κ2) is 15.1. The van der Waals surface area contributed by atoms with E-state index in [1.54, 1.807) is 6.07 Å². The van der Waals surface area contributed by atoms with Crippen molar-refractivity contribution < 1.29 is 28.1 Å². The lowest BCUT2D eigenvalue weighted by Gasteiger charge is -2.35. The van der Waals surface area contributed by atoms with Gasteiger partial charge in [0.25, 0.3) is 0 Å². The second-order valence-electron chi connectivity index (χ2n) is 13.3. The molecule has 9 heteroatoms. The van der Waals surface area contributed by atoms with Crippen molar-refractivity contribution in [1.29, 1.82) is 0 Å². The van der Waals surface area contributed by atoms with Crippen LogP contribution in [0.2, 0.25) is 10.0 Å². The van der Waals surface area contributed by atoms with Crippen molar-refractivity contribution in [2.24, 2.45) is 5.92 Å². The summed E-state index contributed by atoms with van der Waals surface area (Å²) in [7, 11) is 1.41. The summed E-state index contributed by atoms with van der Waals surface area (Å²) < 4.78 is 37.8. The van der Waals surface area contributed by atoms with Gasteiger partial charge in [-0.15, -0.1) is 0 Å². The van der Waals surface area contributed by atoms with E-state index in [0.29, 0.717) is 42.1 Å². The molecule has 6 nitrogen and oxygen atoms in total. The quantitative estimate of drug-likeness (QED) is 0.171. The highest BCUT2D eigenvalue weighted by Gasteiger charge is 2.34. The number of hydrogen-bond acceptors (Lipinski definition) is 6. The van der Waals surface area contributed by atoms with Gasteiger partial charge in [0.15, 0.2) is 0 Å². The lowest BCUT2D eigenvalue weighted by molar-refractivity contribution is -0.148. The molecule has 3 aliphatic heterocycles. The molecule has 7 rings (SSSR count). The molecule has 0 aliphatic carbocycles. The van der Waals surface area contributed by atoms with Crippen LogP contribution >= 0.6 is 23.2 Å². The van der Waals surface area contributed by atoms with Gasteiger partial charge in [-0.2, -0.15) is 0 Å². The van der Waals surface area contributed by atoms with Crippen LogP contribution in [0.25, 0.3) is 0 Å². The van der Waals surface area contributed by atoms with Crippen molar-refractivity contribution >= 4 is 29.2 Å². The Labute approximate surface area is 297 Å². The SMILES string of the molecule is COC(=O)[C@@H]1Cc2cc3c(cc2CN1Cc1cccc(F)c1)C[C@H](c1ccc(O[C@@H](c2ccc(Cl)c(Cl)c2)C2CCOCC2)cc1)CCO3. The van der Waals surface area contributed by atoms with Gasteiger partial charge in [-0.05, 0) is 114 Å². The van der Waals surface area contributed by atoms with E-state index >= 15 is 0 Å². The van der Waals surface area contributed by atoms with E-state index in [2.05, 4.69) is 41.3 Å². The summed E-state index contributed by atoms with van der Waals surface area (Å²) in [6.45, 7) is 3.04. The molecular formula is C40H40Cl2FNO5. The zero-order valence-corrected chi connectivity index (χ0v) is 29.0. The predicted octanol–water partition coefficient (Wildman–Crippen LogP) is 8.89. The normalized spacial score (nSPS) is 20.3. The van der Waals surface area contributed by atoms with Crippen molar-refractivity contribution in [3.8, 4) is 11.5 Å². The molecule has 0 unspecified atom stereocenters. The second-order valence-corrected chi connectivity index (χ2v) is 14.1. The fourth-order valence-electron chi connectivity index (χ4n) is 7.49. The molecule has 4 aromatic rings. The Hall–Kier alpha value is -3.62. The fourth-order valence-corrected chi connectivity index (χ4v) is 7.80. The first-order chi connectivity index (χ1) is 23.8. The molecular weight excluding hydrogens is 664 g/mol. The number of carbonyl (C=O) groups excluding carboxylic acids is 1. The molecule has 0 saturated carbocycles. The van der Waals surface area contributed by atoms with E-state index < -0.39 is 6.04 Å². The Morgan fingerprint density at radius 1 is 0.898 bits per heavy atom. The van der Waals surface area contributed by atoms with Gasteiger partial charge in [0.2, 0.25) is 0 Å². The molecule has 0 radical (unpaired) electrons. The Bertz CT molecular complexity index is 1790. The number of carbonyl (C=O) groups is 1. The summed E-state index contributed by atoms with van der Waals surface area (Å²) in [6, 6.07) is 24.6. The summed E-state index contributed by atoms with van der Waals surface area (Å²) in [5.74, 6) is 1.68. The Balaban J connectivity index is 1.09. The Morgan fingerprint density at radius 3 is 2.47 bits per heavy atom. The van der Waals surface area contributed by atoms with E-state index in [0.717, 1.165) is 78.2 Å². The van der Waals surface area contributed by atoms with Crippen LogP contribution in [0.4, 0.5) is 4.39 Å². The van der Waals surface area contributed by atoms with E-state index in [-0.39, 0.29) is 23.8 Å². The van der Waals surface area contributed by atoms with Crippen molar-refractivity contribution in [3.05, 3.63) is 128 Å². The molecule has 256 valence electrons. The summed E-state index contributed by atoms with van der Waals surface area (Å²) in [5, 5.41) is 1.05. The summed E-state index contributed by atoms with van der Waals surface area (Å²) >= 11 is 12.6. The largest absolute Gasteiger partial charge is 0.493 e. The number of methoxy groups -OCH3 is 1. The molecule has 0 bridgehead atoms. The molecule has 1 saturated heterocycles. The predicted molar refractivity (Wildman–Crippen MR) is 188 cm³/mol. The number of halogens is 3. The van der Waals surface area contributed by atoms with Crippen LogP contribution < -0.4 is 9.47 Å². The van der Waals surface area contributed by atoms with Crippen LogP contribution in [0.15, 0.2) is 78.9 Å². The number of fused-ring (bicyclic) bond motifs is 2. The highest BCUT2D eigenvalue weighted by atomic mass is 35.5. The topological polar surface area (TPSA) is 57.2 Å². The minimum atomic E-state index is -0.458. The maximum atomic E-state index is 14.0. The lowest BCUT2D eigenvalue weighted by atomic mass is 9.86. The molecule has 0 N–H and O–H groups in total. The van der Waals surface area contributed by atoms with E-state index in [4.69, 9.17) is 42.1 Å². The fraction of sp³-hybridized carbons (Fsp3) is 0.375. The summed E-state index contributed by atoms with van der Waals surface area (Å²) in [4.78, 5) is 14.9. The highest BCUT2D eigenvalue weighted by Crippen LogP contribution is 2.40. The van der Waals surface area contributed by atoms with Crippen LogP contribution in [-0.2, 0) is 40.2 Å². The standard InChI is InChI=1S/C40H40Cl2FNO5/c1-46-40(45)37-21-30-22-38-31(19-32(30)24-44(37)23-25-3-2-4-33(43)17-25)18-28(13-16-48-38)26-5-8-34(9-6-26)49-39(27-11-14-47-15-12-27)29-7-10-35(41)36(42)20-29/h2-10,17,19-20,22,27-28,37,39H,11-16,18,21,23-24H2,1H3/t28-,37+,39-/m1/s1. The third-order valence-electron chi connectivity index (χ3n) is 10.1. The molecule has 0 spiro atoms. The summed E-state index contributed by atoms with van der Waals surface area (Å²) in [5.41, 5.74) is 6.47. The zero-order chi connectivity index (χ0) is 33.9. The molecule has 1 fully saturated rings. The van der Waals surface area contributed by atoms with E-state index in [1.165, 1.54) is 24.8 Å². The van der Waals surface area contributed by atoms with Crippen molar-refractivity contribution in [1.82, 2.24) is 4.90 Å². The smallest absolute Gasteiger partial charge is 0.323 e. The van der Waals surface area contributed by atoms with Crippen molar-refractivity contribution in [3.63, 3.8) is 0 Å². The number of nitrogens with zero attached hydrogens (tertiary/aromatic N) is 1. The highest BCUT2D eigenvalue weighted by molar-refractivity contribution is 6.42. The number of hydrogen-bond donors (Lipinski definition) is 0. The molecule has 4 aromatic carbocycles. The lowest BCUT2D eigenvalue weighted by Crippen LogP contribution is -2.45. The first kappa shape index (κ1) is 33.9. The van der Waals surface area contributed by atoms with Gasteiger partial charge in [-0.3, -0.25) is 9.69 Å². The van der Waals surface area contributed by atoms with Gasteiger partial charge in [0.1, 0.15) is 29.5 Å². The third-order valence-corrected chi connectivity index (χ3v) is 10.9. The van der Waals surface area contributed by atoms with Crippen LogP contribution in [0, 0.1) is 11.7 Å². The number of ether oxygens (including phenoxy) is 4. The Morgan fingerprint density at radius 2 is 1.71 bits per heavy atom. The number of esters is 1. The molecule has 3 atom stereocenters. The molecule has 3 aliphatic rings. The minimum Gasteiger partial charge on any atom is -0.493 e. The van der Waals surface area contributed by atoms with Gasteiger partial charge in [-0.1, -0.05) is 59.6 Å². The molecule has 0 amide bonds. The summed E-state index contributed by atoms with van der Waals surface area (Å²) in [6.07, 6.45) is 3.90. The van der Waals surface area contributed by atoms with Crippen LogP contribution in [0.5, 0.6) is 11.5 Å². The van der Waals surface area contributed by atoms with Crippen LogP contribution in [-0.4, -0.2) is 43.8 Å². The number of rotatable bonds is 8. The van der Waals surface area contributed by atoms with Gasteiger partial charge >= 0.3 is 5.97 Å². The van der Waals surface area contributed by atoms with Gasteiger partial charge < -0.3 is 18.9 Å². The zero-order valence-electron chi connectivity index (χ0n) is 27.5. The van der Waals surface area contributed by atoms with Crippen LogP contribution in [0.1, 0.15) is 64.7 Å². The Kier molecular flexibility index (Phi) is 10.4. The van der Waals surface area contributed by atoms with Gasteiger partial charge in [0.05, 0.1) is 23.8 Å². The maximum Gasteiger partial charge on any atom is 0.323 e. The van der Waals surface area contributed by atoms with E-state index in [9.17, 15) is 9.18 Å². The van der Waals surface area contributed by atoms with Gasteiger partial charge in [0, 0.05) is 32.2 Å². The van der Waals surface area contributed by atoms with Crippen LogP contribution in [0.3, 0.4) is 0 Å². The van der Waals surface area contributed by atoms with Gasteiger partial charge in [-0.25, -0.2) is 4.39 Å². The van der Waals surface area contributed by atoms with E-state index in [1.807, 2.05) is 24.3 Å². The molecule has 3 heterocycles. The first-order valence-corrected chi connectivity index (χ1v) is 17.7.